The molecular weight excluding hydrogens is 266 g/mol. The Labute approximate surface area is 129 Å². The molecule has 3 unspecified atom stereocenters. The molecule has 0 aromatic rings. The smallest absolute Gasteiger partial charge is 0.108 e. The number of ether oxygens (including phenoxy) is 2. The molecule has 1 fully saturated rings. The third-order valence-electron chi connectivity index (χ3n) is 4.41. The van der Waals surface area contributed by atoms with Gasteiger partial charge in [0.05, 0.1) is 19.3 Å². The number of hydrogen-bond acceptors (Lipinski definition) is 5. The molecule has 0 aromatic heterocycles. The van der Waals surface area contributed by atoms with Gasteiger partial charge in [-0.05, 0) is 39.2 Å². The van der Waals surface area contributed by atoms with E-state index in [9.17, 15) is 5.26 Å². The van der Waals surface area contributed by atoms with E-state index in [4.69, 9.17) is 9.47 Å². The minimum Gasteiger partial charge on any atom is -0.383 e. The number of nitriles is 1. The van der Waals surface area contributed by atoms with Crippen LogP contribution in [0.4, 0.5) is 0 Å². The molecule has 5 nitrogen and oxygen atoms in total. The van der Waals surface area contributed by atoms with E-state index in [0.717, 1.165) is 38.8 Å². The van der Waals surface area contributed by atoms with E-state index < -0.39 is 0 Å². The van der Waals surface area contributed by atoms with Crippen LogP contribution in [0.3, 0.4) is 0 Å². The van der Waals surface area contributed by atoms with Gasteiger partial charge in [-0.25, -0.2) is 0 Å². The normalized spacial score (nSPS) is 27.0. The number of nitrogens with one attached hydrogen (secondary N) is 1. The highest BCUT2D eigenvalue weighted by Crippen LogP contribution is 2.33. The highest BCUT2D eigenvalue weighted by Gasteiger charge is 2.42. The van der Waals surface area contributed by atoms with Gasteiger partial charge in [0, 0.05) is 32.8 Å². The lowest BCUT2D eigenvalue weighted by Crippen LogP contribution is -2.48. The van der Waals surface area contributed by atoms with Gasteiger partial charge in [0.15, 0.2) is 0 Å². The molecule has 3 atom stereocenters. The van der Waals surface area contributed by atoms with Crippen molar-refractivity contribution in [2.75, 3.05) is 40.5 Å². The Morgan fingerprint density at radius 1 is 1.43 bits per heavy atom. The van der Waals surface area contributed by atoms with E-state index in [1.807, 2.05) is 0 Å². The zero-order valence-corrected chi connectivity index (χ0v) is 14.0. The highest BCUT2D eigenvalue weighted by atomic mass is 16.5. The Morgan fingerprint density at radius 2 is 2.19 bits per heavy atom. The standard InChI is InChI=1S/C16H31N3O2/c1-5-8-18-16(13-17)7-6-15(11-16)19(9-10-20-3)14(2)12-21-4/h14-15,18H,5-12H2,1-4H3. The molecule has 1 aliphatic rings. The zero-order chi connectivity index (χ0) is 15.7. The maximum atomic E-state index is 9.58. The molecule has 21 heavy (non-hydrogen) atoms. The Morgan fingerprint density at radius 3 is 2.76 bits per heavy atom. The van der Waals surface area contributed by atoms with Crippen LogP contribution in [0.2, 0.25) is 0 Å². The van der Waals surface area contributed by atoms with E-state index in [1.54, 1.807) is 14.2 Å². The number of nitrogens with zero attached hydrogens (tertiary/aromatic N) is 2. The number of hydrogen-bond donors (Lipinski definition) is 1. The SMILES string of the molecule is CCCNC1(C#N)CCC(N(CCOC)C(C)COC)C1. The summed E-state index contributed by atoms with van der Waals surface area (Å²) < 4.78 is 10.5. The third kappa shape index (κ3) is 5.23. The maximum Gasteiger partial charge on any atom is 0.108 e. The summed E-state index contributed by atoms with van der Waals surface area (Å²) in [4.78, 5) is 2.44. The molecule has 0 bridgehead atoms. The van der Waals surface area contributed by atoms with Crippen LogP contribution in [-0.2, 0) is 9.47 Å². The predicted octanol–water partition coefficient (Wildman–Crippen LogP) is 1.78. The Balaban J connectivity index is 2.69. The summed E-state index contributed by atoms with van der Waals surface area (Å²) in [5.74, 6) is 0. The van der Waals surface area contributed by atoms with E-state index in [-0.39, 0.29) is 5.54 Å². The lowest BCUT2D eigenvalue weighted by molar-refractivity contribution is 0.0471. The van der Waals surface area contributed by atoms with Crippen LogP contribution < -0.4 is 5.32 Å². The summed E-state index contributed by atoms with van der Waals surface area (Å²) in [5.41, 5.74) is -0.348. The van der Waals surface area contributed by atoms with Crippen LogP contribution >= 0.6 is 0 Å². The van der Waals surface area contributed by atoms with Crippen molar-refractivity contribution in [1.29, 1.82) is 5.26 Å². The van der Waals surface area contributed by atoms with E-state index in [1.165, 1.54) is 0 Å². The van der Waals surface area contributed by atoms with Crippen LogP contribution in [-0.4, -0.2) is 63.0 Å². The van der Waals surface area contributed by atoms with Crippen LogP contribution in [0, 0.1) is 11.3 Å². The number of methoxy groups -OCH3 is 2. The maximum absolute atomic E-state index is 9.58. The highest BCUT2D eigenvalue weighted by molar-refractivity contribution is 5.13. The number of rotatable bonds is 10. The largest absolute Gasteiger partial charge is 0.383 e. The molecule has 0 spiro atoms. The van der Waals surface area contributed by atoms with Gasteiger partial charge in [-0.3, -0.25) is 10.2 Å². The summed E-state index contributed by atoms with van der Waals surface area (Å²) >= 11 is 0. The van der Waals surface area contributed by atoms with Crippen molar-refractivity contribution in [3.05, 3.63) is 0 Å². The topological polar surface area (TPSA) is 57.5 Å². The van der Waals surface area contributed by atoms with Crippen molar-refractivity contribution < 1.29 is 9.47 Å². The third-order valence-corrected chi connectivity index (χ3v) is 4.41. The summed E-state index contributed by atoms with van der Waals surface area (Å²) in [7, 11) is 3.47. The molecule has 1 N–H and O–H groups in total. The van der Waals surface area contributed by atoms with Crippen LogP contribution in [0.5, 0.6) is 0 Å². The fraction of sp³-hybridized carbons (Fsp3) is 0.938. The minimum atomic E-state index is -0.348. The first kappa shape index (κ1) is 18.4. The van der Waals surface area contributed by atoms with E-state index >= 15 is 0 Å². The zero-order valence-electron chi connectivity index (χ0n) is 14.0. The van der Waals surface area contributed by atoms with Gasteiger partial charge < -0.3 is 9.47 Å². The molecule has 1 saturated carbocycles. The quantitative estimate of drug-likeness (QED) is 0.666. The van der Waals surface area contributed by atoms with Gasteiger partial charge in [-0.15, -0.1) is 0 Å². The first-order valence-electron chi connectivity index (χ1n) is 8.02. The van der Waals surface area contributed by atoms with Gasteiger partial charge in [-0.1, -0.05) is 6.92 Å². The van der Waals surface area contributed by atoms with Gasteiger partial charge >= 0.3 is 0 Å². The van der Waals surface area contributed by atoms with Crippen molar-refractivity contribution >= 4 is 0 Å². The Kier molecular flexibility index (Phi) is 8.20. The molecule has 0 saturated heterocycles. The second-order valence-corrected chi connectivity index (χ2v) is 6.05. The molecule has 0 aliphatic heterocycles. The van der Waals surface area contributed by atoms with E-state index in [2.05, 4.69) is 30.1 Å². The summed E-state index contributed by atoms with van der Waals surface area (Å²) in [6, 6.07) is 3.29. The van der Waals surface area contributed by atoms with E-state index in [0.29, 0.717) is 25.3 Å². The first-order chi connectivity index (χ1) is 10.1. The van der Waals surface area contributed by atoms with Gasteiger partial charge in [0.2, 0.25) is 0 Å². The fourth-order valence-electron chi connectivity index (χ4n) is 3.26. The van der Waals surface area contributed by atoms with Crippen LogP contribution in [0.15, 0.2) is 0 Å². The second kappa shape index (κ2) is 9.37. The Hall–Kier alpha value is -0.670. The molecule has 1 aliphatic carbocycles. The van der Waals surface area contributed by atoms with Gasteiger partial charge in [0.1, 0.15) is 5.54 Å². The molecule has 0 heterocycles. The second-order valence-electron chi connectivity index (χ2n) is 6.05. The van der Waals surface area contributed by atoms with Gasteiger partial charge in [0.25, 0.3) is 0 Å². The van der Waals surface area contributed by atoms with Crippen molar-refractivity contribution in [3.63, 3.8) is 0 Å². The van der Waals surface area contributed by atoms with Crippen LogP contribution in [0.25, 0.3) is 0 Å². The van der Waals surface area contributed by atoms with Crippen LogP contribution in [0.1, 0.15) is 39.5 Å². The van der Waals surface area contributed by atoms with Crippen molar-refractivity contribution in [2.24, 2.45) is 0 Å². The monoisotopic (exact) mass is 297 g/mol. The lowest BCUT2D eigenvalue weighted by Gasteiger charge is -2.35. The fourth-order valence-corrected chi connectivity index (χ4v) is 3.26. The van der Waals surface area contributed by atoms with Crippen molar-refractivity contribution in [3.8, 4) is 6.07 Å². The molecule has 5 heteroatoms. The van der Waals surface area contributed by atoms with Gasteiger partial charge in [-0.2, -0.15) is 5.26 Å². The summed E-state index contributed by atoms with van der Waals surface area (Å²) in [6.07, 6.45) is 3.93. The predicted molar refractivity (Wildman–Crippen MR) is 84.2 cm³/mol. The van der Waals surface area contributed by atoms with Crippen molar-refractivity contribution in [2.45, 2.75) is 57.2 Å². The lowest BCUT2D eigenvalue weighted by atomic mass is 9.98. The molecule has 0 amide bonds. The van der Waals surface area contributed by atoms with Crippen molar-refractivity contribution in [1.82, 2.24) is 10.2 Å². The summed E-state index contributed by atoms with van der Waals surface area (Å²) in [5, 5.41) is 13.0. The molecule has 1 rings (SSSR count). The molecule has 0 radical (unpaired) electrons. The molecular formula is C16H31N3O2. The molecule has 122 valence electrons. The Bertz CT molecular complexity index is 332. The summed E-state index contributed by atoms with van der Waals surface area (Å²) in [6.45, 7) is 7.54. The average Bonchev–Trinajstić information content (AvgIpc) is 2.91. The molecule has 0 aromatic carbocycles. The average molecular weight is 297 g/mol. The first-order valence-corrected chi connectivity index (χ1v) is 8.02. The minimum absolute atomic E-state index is 0.343.